The molecule has 0 bridgehead atoms. The second-order valence-corrected chi connectivity index (χ2v) is 11.7. The summed E-state index contributed by atoms with van der Waals surface area (Å²) in [7, 11) is -3.83. The maximum Gasteiger partial charge on any atom is 0.244 e. The molecule has 2 aromatic carbocycles. The van der Waals surface area contributed by atoms with Crippen LogP contribution in [0.15, 0.2) is 46.9 Å². The topological polar surface area (TPSA) is 86.8 Å². The molecule has 35 heavy (non-hydrogen) atoms. The van der Waals surface area contributed by atoms with Gasteiger partial charge in [0, 0.05) is 22.6 Å². The Kier molecular flexibility index (Phi) is 8.93. The van der Waals surface area contributed by atoms with E-state index in [1.165, 1.54) is 11.0 Å². The lowest BCUT2D eigenvalue weighted by molar-refractivity contribution is -0.139. The first kappa shape index (κ1) is 27.1. The zero-order valence-electron chi connectivity index (χ0n) is 20.1. The van der Waals surface area contributed by atoms with E-state index in [0.29, 0.717) is 5.69 Å². The van der Waals surface area contributed by atoms with Gasteiger partial charge in [0.25, 0.3) is 0 Å². The highest BCUT2D eigenvalue weighted by Crippen LogP contribution is 2.25. The number of hydrogen-bond donors (Lipinski definition) is 1. The highest BCUT2D eigenvalue weighted by atomic mass is 79.9. The molecule has 1 unspecified atom stereocenters. The molecule has 1 atom stereocenters. The van der Waals surface area contributed by atoms with Gasteiger partial charge >= 0.3 is 0 Å². The van der Waals surface area contributed by atoms with Crippen molar-refractivity contribution < 1.29 is 22.4 Å². The van der Waals surface area contributed by atoms with Crippen LogP contribution in [0.3, 0.4) is 0 Å². The summed E-state index contributed by atoms with van der Waals surface area (Å²) >= 11 is 3.39. The molecule has 1 aliphatic carbocycles. The van der Waals surface area contributed by atoms with E-state index in [4.69, 9.17) is 0 Å². The van der Waals surface area contributed by atoms with Gasteiger partial charge in [-0.25, -0.2) is 12.8 Å². The van der Waals surface area contributed by atoms with Gasteiger partial charge in [0.15, 0.2) is 0 Å². The van der Waals surface area contributed by atoms with Crippen molar-refractivity contribution in [1.82, 2.24) is 10.2 Å². The Labute approximate surface area is 214 Å². The maximum atomic E-state index is 14.5. The molecule has 1 saturated carbocycles. The number of sulfonamides is 1. The van der Waals surface area contributed by atoms with Crippen molar-refractivity contribution in [2.45, 2.75) is 58.2 Å². The fourth-order valence-electron chi connectivity index (χ4n) is 4.18. The lowest BCUT2D eigenvalue weighted by atomic mass is 10.1. The number of aryl methyl sites for hydroxylation is 1. The van der Waals surface area contributed by atoms with E-state index < -0.39 is 34.3 Å². The summed E-state index contributed by atoms with van der Waals surface area (Å²) in [6.07, 6.45) is 4.85. The van der Waals surface area contributed by atoms with E-state index in [1.807, 2.05) is 6.92 Å². The number of benzene rings is 2. The molecule has 0 spiro atoms. The summed E-state index contributed by atoms with van der Waals surface area (Å²) in [5, 5.41) is 2.98. The number of amides is 2. The number of hydrogen-bond acceptors (Lipinski definition) is 4. The van der Waals surface area contributed by atoms with E-state index >= 15 is 0 Å². The first-order valence-electron chi connectivity index (χ1n) is 11.5. The fourth-order valence-corrected chi connectivity index (χ4v) is 5.27. The van der Waals surface area contributed by atoms with Crippen LogP contribution in [0.4, 0.5) is 10.1 Å². The first-order chi connectivity index (χ1) is 16.5. The van der Waals surface area contributed by atoms with Crippen LogP contribution in [0.25, 0.3) is 0 Å². The van der Waals surface area contributed by atoms with Crippen molar-refractivity contribution >= 4 is 43.5 Å². The SMILES string of the molecule is Cc1cc(N(CC(=O)N(Cc2ccccc2F)C(C)C(=O)NC2CCCC2)S(C)(=O)=O)ccc1Br. The van der Waals surface area contributed by atoms with E-state index in [0.717, 1.165) is 46.3 Å². The Morgan fingerprint density at radius 1 is 1.17 bits per heavy atom. The zero-order chi connectivity index (χ0) is 25.8. The normalized spacial score (nSPS) is 15.0. The zero-order valence-corrected chi connectivity index (χ0v) is 22.5. The molecule has 0 aromatic heterocycles. The van der Waals surface area contributed by atoms with Crippen LogP contribution in [0.1, 0.15) is 43.7 Å². The summed E-state index contributed by atoms with van der Waals surface area (Å²) in [6.45, 7) is 2.71. The van der Waals surface area contributed by atoms with E-state index in [1.54, 1.807) is 43.3 Å². The molecular formula is C25H31BrFN3O4S. The third-order valence-electron chi connectivity index (χ3n) is 6.28. The van der Waals surface area contributed by atoms with Gasteiger partial charge < -0.3 is 10.2 Å². The van der Waals surface area contributed by atoms with Gasteiger partial charge in [0.2, 0.25) is 21.8 Å². The Bertz CT molecular complexity index is 1180. The number of carbonyl (C=O) groups excluding carboxylic acids is 2. The van der Waals surface area contributed by atoms with Crippen LogP contribution < -0.4 is 9.62 Å². The Hall–Kier alpha value is -2.46. The Morgan fingerprint density at radius 3 is 2.43 bits per heavy atom. The van der Waals surface area contributed by atoms with Crippen molar-refractivity contribution in [2.24, 2.45) is 0 Å². The summed E-state index contributed by atoms with van der Waals surface area (Å²) in [5.41, 5.74) is 1.37. The molecular weight excluding hydrogens is 537 g/mol. The largest absolute Gasteiger partial charge is 0.352 e. The third kappa shape index (κ3) is 7.04. The van der Waals surface area contributed by atoms with Crippen molar-refractivity contribution in [3.63, 3.8) is 0 Å². The van der Waals surface area contributed by atoms with Gasteiger partial charge in [-0.05, 0) is 56.5 Å². The molecule has 3 rings (SSSR count). The van der Waals surface area contributed by atoms with Crippen LogP contribution in [-0.4, -0.2) is 50.0 Å². The van der Waals surface area contributed by atoms with Crippen LogP contribution in [0.2, 0.25) is 0 Å². The molecule has 2 amide bonds. The van der Waals surface area contributed by atoms with Crippen molar-refractivity contribution in [3.05, 3.63) is 63.9 Å². The molecule has 10 heteroatoms. The first-order valence-corrected chi connectivity index (χ1v) is 14.2. The molecule has 1 aliphatic rings. The molecule has 190 valence electrons. The highest BCUT2D eigenvalue weighted by molar-refractivity contribution is 9.10. The molecule has 0 heterocycles. The number of nitrogens with zero attached hydrogens (tertiary/aromatic N) is 2. The van der Waals surface area contributed by atoms with Crippen LogP contribution in [0, 0.1) is 12.7 Å². The van der Waals surface area contributed by atoms with Gasteiger partial charge in [-0.1, -0.05) is 47.0 Å². The molecule has 1 N–H and O–H groups in total. The molecule has 0 radical (unpaired) electrons. The minimum Gasteiger partial charge on any atom is -0.352 e. The monoisotopic (exact) mass is 567 g/mol. The van der Waals surface area contributed by atoms with Crippen LogP contribution >= 0.6 is 15.9 Å². The van der Waals surface area contributed by atoms with Crippen molar-refractivity contribution in [1.29, 1.82) is 0 Å². The second-order valence-electron chi connectivity index (χ2n) is 8.98. The lowest BCUT2D eigenvalue weighted by Crippen LogP contribution is -2.52. The smallest absolute Gasteiger partial charge is 0.244 e. The third-order valence-corrected chi connectivity index (χ3v) is 8.31. The lowest BCUT2D eigenvalue weighted by Gasteiger charge is -2.32. The van der Waals surface area contributed by atoms with Crippen LogP contribution in [-0.2, 0) is 26.2 Å². The highest BCUT2D eigenvalue weighted by Gasteiger charge is 2.31. The van der Waals surface area contributed by atoms with E-state index in [9.17, 15) is 22.4 Å². The Balaban J connectivity index is 1.90. The average molecular weight is 569 g/mol. The molecule has 1 fully saturated rings. The van der Waals surface area contributed by atoms with Gasteiger partial charge in [-0.2, -0.15) is 0 Å². The summed E-state index contributed by atoms with van der Waals surface area (Å²) in [5.74, 6) is -1.45. The minimum atomic E-state index is -3.83. The van der Waals surface area contributed by atoms with Gasteiger partial charge in [-0.3, -0.25) is 13.9 Å². The fraction of sp³-hybridized carbons (Fsp3) is 0.440. The number of carbonyl (C=O) groups is 2. The summed E-state index contributed by atoms with van der Waals surface area (Å²) in [6, 6.07) is 10.1. The van der Waals surface area contributed by atoms with Gasteiger partial charge in [0.05, 0.1) is 11.9 Å². The van der Waals surface area contributed by atoms with Crippen molar-refractivity contribution in [3.8, 4) is 0 Å². The minimum absolute atomic E-state index is 0.0497. The maximum absolute atomic E-state index is 14.5. The van der Waals surface area contributed by atoms with E-state index in [-0.39, 0.29) is 24.1 Å². The number of nitrogens with one attached hydrogen (secondary N) is 1. The standard InChI is InChI=1S/C25H31BrFN3O4S/c1-17-14-21(12-13-22(17)26)30(35(3,33)34)16-24(31)29(15-19-8-4-7-11-23(19)27)18(2)25(32)28-20-9-5-6-10-20/h4,7-8,11-14,18,20H,5-6,9-10,15-16H2,1-3H3,(H,28,32). The second kappa shape index (κ2) is 11.5. The van der Waals surface area contributed by atoms with Gasteiger partial charge in [0.1, 0.15) is 18.4 Å². The quantitative estimate of drug-likeness (QED) is 0.493. The molecule has 0 saturated heterocycles. The number of rotatable bonds is 9. The molecule has 2 aromatic rings. The predicted octanol–water partition coefficient (Wildman–Crippen LogP) is 4.14. The van der Waals surface area contributed by atoms with Crippen LogP contribution in [0.5, 0.6) is 0 Å². The van der Waals surface area contributed by atoms with Gasteiger partial charge in [-0.15, -0.1) is 0 Å². The average Bonchev–Trinajstić information content (AvgIpc) is 3.30. The van der Waals surface area contributed by atoms with Crippen molar-refractivity contribution in [2.75, 3.05) is 17.1 Å². The summed E-state index contributed by atoms with van der Waals surface area (Å²) < 4.78 is 41.5. The number of halogens is 2. The number of anilines is 1. The molecule has 7 nitrogen and oxygen atoms in total. The summed E-state index contributed by atoms with van der Waals surface area (Å²) in [4.78, 5) is 27.8. The Morgan fingerprint density at radius 2 is 1.83 bits per heavy atom. The molecule has 0 aliphatic heterocycles. The van der Waals surface area contributed by atoms with E-state index in [2.05, 4.69) is 21.2 Å². The predicted molar refractivity (Wildman–Crippen MR) is 138 cm³/mol.